The summed E-state index contributed by atoms with van der Waals surface area (Å²) >= 11 is 6.37. The van der Waals surface area contributed by atoms with Gasteiger partial charge in [0.1, 0.15) is 5.82 Å². The number of amides is 1. The van der Waals surface area contributed by atoms with E-state index in [1.165, 1.54) is 16.7 Å². The quantitative estimate of drug-likeness (QED) is 0.375. The van der Waals surface area contributed by atoms with Crippen LogP contribution in [0, 0.1) is 5.82 Å². The van der Waals surface area contributed by atoms with E-state index in [1.54, 1.807) is 12.3 Å². The molecule has 9 heteroatoms. The Hall–Kier alpha value is -3.33. The maximum Gasteiger partial charge on any atom is 0.251 e. The molecule has 3 atom stereocenters. The molecule has 2 N–H and O–H groups in total. The number of aromatic nitrogens is 1. The highest BCUT2D eigenvalue weighted by molar-refractivity contribution is 6.30. The predicted octanol–water partition coefficient (Wildman–Crippen LogP) is 5.57. The number of rotatable bonds is 8. The molecule has 0 aliphatic carbocycles. The van der Waals surface area contributed by atoms with Crippen LogP contribution in [0.1, 0.15) is 72.1 Å². The molecule has 5 rings (SSSR count). The third-order valence-corrected chi connectivity index (χ3v) is 8.28. The van der Waals surface area contributed by atoms with Crippen molar-refractivity contribution in [3.8, 4) is 11.1 Å². The number of primary amides is 1. The smallest absolute Gasteiger partial charge is 0.251 e. The second-order valence-corrected chi connectivity index (χ2v) is 11.3. The van der Waals surface area contributed by atoms with Crippen molar-refractivity contribution in [1.29, 1.82) is 0 Å². The number of hydrogen-bond acceptors (Lipinski definition) is 5. The van der Waals surface area contributed by atoms with Crippen molar-refractivity contribution in [1.82, 2.24) is 4.57 Å². The molecular weight excluding hydrogens is 547 g/mol. The summed E-state index contributed by atoms with van der Waals surface area (Å²) in [4.78, 5) is 39.0. The molecule has 0 radical (unpaired) electrons. The molecule has 1 saturated heterocycles. The van der Waals surface area contributed by atoms with Gasteiger partial charge < -0.3 is 19.8 Å². The van der Waals surface area contributed by atoms with E-state index in [0.717, 1.165) is 54.0 Å². The van der Waals surface area contributed by atoms with Crippen LogP contribution in [0.3, 0.4) is 0 Å². The van der Waals surface area contributed by atoms with E-state index in [4.69, 9.17) is 26.8 Å². The van der Waals surface area contributed by atoms with E-state index in [2.05, 4.69) is 6.92 Å². The van der Waals surface area contributed by atoms with Gasteiger partial charge in [-0.3, -0.25) is 14.4 Å². The lowest BCUT2D eigenvalue weighted by molar-refractivity contribution is -0.123. The molecule has 2 aliphatic rings. The number of halogens is 2. The van der Waals surface area contributed by atoms with Gasteiger partial charge in [-0.2, -0.15) is 0 Å². The molecule has 0 bridgehead atoms. The number of pyridine rings is 1. The van der Waals surface area contributed by atoms with Gasteiger partial charge in [-0.15, -0.1) is 0 Å². The van der Waals surface area contributed by atoms with E-state index >= 15 is 0 Å². The zero-order chi connectivity index (χ0) is 29.1. The molecule has 2 aliphatic heterocycles. The van der Waals surface area contributed by atoms with Gasteiger partial charge in [0.15, 0.2) is 5.78 Å². The molecule has 1 fully saturated rings. The largest absolute Gasteiger partial charge is 0.378 e. The summed E-state index contributed by atoms with van der Waals surface area (Å²) in [5, 5.41) is 0.575. The van der Waals surface area contributed by atoms with Gasteiger partial charge in [-0.1, -0.05) is 30.7 Å². The number of ketones is 1. The highest BCUT2D eigenvalue weighted by Gasteiger charge is 2.29. The summed E-state index contributed by atoms with van der Waals surface area (Å²) in [5.74, 6) is -1.92. The molecule has 1 aromatic heterocycles. The Labute approximate surface area is 243 Å². The number of Topliss-reactive ketones (excluding diaryl/α,β-unsaturated/α-hetero) is 1. The van der Waals surface area contributed by atoms with Gasteiger partial charge in [-0.25, -0.2) is 4.39 Å². The molecular formula is C32H34ClFN2O5. The minimum Gasteiger partial charge on any atom is -0.378 e. The van der Waals surface area contributed by atoms with Crippen LogP contribution in [0.4, 0.5) is 4.39 Å². The Morgan fingerprint density at radius 3 is 2.59 bits per heavy atom. The number of ether oxygens (including phenoxy) is 2. The molecule has 0 spiro atoms. The summed E-state index contributed by atoms with van der Waals surface area (Å²) in [6.07, 6.45) is 5.99. The lowest BCUT2D eigenvalue weighted by Gasteiger charge is -2.29. The summed E-state index contributed by atoms with van der Waals surface area (Å²) < 4.78 is 28.1. The maximum absolute atomic E-state index is 14.5. The first-order valence-electron chi connectivity index (χ1n) is 14.1. The highest BCUT2D eigenvalue weighted by Crippen LogP contribution is 2.34. The Kier molecular flexibility index (Phi) is 9.02. The van der Waals surface area contributed by atoms with Gasteiger partial charge in [0.2, 0.25) is 0 Å². The van der Waals surface area contributed by atoms with Gasteiger partial charge in [0.05, 0.1) is 30.4 Å². The lowest BCUT2D eigenvalue weighted by atomic mass is 9.91. The molecule has 7 nitrogen and oxygen atoms in total. The highest BCUT2D eigenvalue weighted by atomic mass is 35.5. The van der Waals surface area contributed by atoms with Crippen molar-refractivity contribution in [2.45, 2.75) is 76.7 Å². The minimum absolute atomic E-state index is 0.00482. The maximum atomic E-state index is 14.5. The second-order valence-electron chi connectivity index (χ2n) is 10.9. The normalized spacial score (nSPS) is 19.4. The molecule has 0 unspecified atom stereocenters. The van der Waals surface area contributed by atoms with Crippen LogP contribution < -0.4 is 11.3 Å². The average Bonchev–Trinajstić information content (AvgIpc) is 2.94. The van der Waals surface area contributed by atoms with Crippen LogP contribution in [0.2, 0.25) is 5.02 Å². The van der Waals surface area contributed by atoms with Crippen LogP contribution in [0.5, 0.6) is 0 Å². The number of fused-ring (bicyclic) bond motifs is 3. The molecule has 2 aromatic carbocycles. The van der Waals surface area contributed by atoms with Crippen molar-refractivity contribution in [3.05, 3.63) is 92.1 Å². The zero-order valence-electron chi connectivity index (χ0n) is 23.0. The first-order valence-corrected chi connectivity index (χ1v) is 14.5. The molecule has 3 aromatic rings. The van der Waals surface area contributed by atoms with Gasteiger partial charge in [0, 0.05) is 42.3 Å². The molecule has 1 amide bonds. The van der Waals surface area contributed by atoms with Gasteiger partial charge >= 0.3 is 0 Å². The van der Waals surface area contributed by atoms with Crippen LogP contribution in [-0.2, 0) is 33.7 Å². The van der Waals surface area contributed by atoms with E-state index < -0.39 is 17.8 Å². The Bertz CT molecular complexity index is 1510. The Morgan fingerprint density at radius 2 is 1.88 bits per heavy atom. The van der Waals surface area contributed by atoms with Crippen molar-refractivity contribution in [2.75, 3.05) is 6.61 Å². The van der Waals surface area contributed by atoms with E-state index in [1.807, 2.05) is 18.2 Å². The molecule has 0 saturated carbocycles. The molecule has 3 heterocycles. The fraction of sp³-hybridized carbons (Fsp3) is 0.406. The summed E-state index contributed by atoms with van der Waals surface area (Å²) in [7, 11) is 0. The summed E-state index contributed by atoms with van der Waals surface area (Å²) in [5.41, 5.74) is 8.51. The number of hydrogen-bond donors (Lipinski definition) is 1. The third kappa shape index (κ3) is 6.61. The summed E-state index contributed by atoms with van der Waals surface area (Å²) in [6, 6.07) is 10.4. The predicted molar refractivity (Wildman–Crippen MR) is 155 cm³/mol. The SMILES string of the molecule is CC[C@@H]1Cc2ccc(Cl)cc2-c2cc(=O)n([C@@H](C[C@@H]3CCCCO3)C(=O)Cc3ccc(C(N)=O)c(F)c3)cc2CO1. The number of nitrogens with zero attached hydrogens (tertiary/aromatic N) is 1. The van der Waals surface area contributed by atoms with E-state index in [-0.39, 0.29) is 42.1 Å². The number of benzene rings is 2. The lowest BCUT2D eigenvalue weighted by Crippen LogP contribution is -2.35. The van der Waals surface area contributed by atoms with Crippen molar-refractivity contribution < 1.29 is 23.5 Å². The van der Waals surface area contributed by atoms with Crippen molar-refractivity contribution in [3.63, 3.8) is 0 Å². The van der Waals surface area contributed by atoms with Crippen molar-refractivity contribution in [2.24, 2.45) is 5.73 Å². The average molecular weight is 581 g/mol. The van der Waals surface area contributed by atoms with Crippen LogP contribution in [0.25, 0.3) is 11.1 Å². The number of carbonyl (C=O) groups is 2. The van der Waals surface area contributed by atoms with Crippen LogP contribution >= 0.6 is 11.6 Å². The minimum atomic E-state index is -0.879. The fourth-order valence-electron chi connectivity index (χ4n) is 5.78. The third-order valence-electron chi connectivity index (χ3n) is 8.05. The van der Waals surface area contributed by atoms with Crippen molar-refractivity contribution >= 4 is 23.3 Å². The monoisotopic (exact) mass is 580 g/mol. The zero-order valence-corrected chi connectivity index (χ0v) is 23.8. The first-order chi connectivity index (χ1) is 19.7. The molecule has 216 valence electrons. The number of carbonyl (C=O) groups excluding carboxylic acids is 2. The number of nitrogens with two attached hydrogens (primary N) is 1. The standard InChI is InChI=1S/C32H34ClFN2O5/c1-2-23-13-20-7-8-22(33)14-26(20)27-16-31(38)36(17-21(27)18-41-23)29(15-24-5-3-4-10-40-24)30(37)12-19-6-9-25(32(35)39)28(34)11-19/h6-9,11,14,16-17,23-24,29H,2-5,10,12-13,15,18H2,1H3,(H2,35,39)/t23-,24+,29+/m1/s1. The van der Waals surface area contributed by atoms with E-state index in [0.29, 0.717) is 30.0 Å². The topological polar surface area (TPSA) is 101 Å². The van der Waals surface area contributed by atoms with Crippen LogP contribution in [0.15, 0.2) is 53.5 Å². The summed E-state index contributed by atoms with van der Waals surface area (Å²) in [6.45, 7) is 2.95. The first kappa shape index (κ1) is 29.2. The van der Waals surface area contributed by atoms with E-state index in [9.17, 15) is 18.8 Å². The van der Waals surface area contributed by atoms with Gasteiger partial charge in [0.25, 0.3) is 11.5 Å². The Balaban J connectivity index is 1.54. The van der Waals surface area contributed by atoms with Crippen LogP contribution in [-0.4, -0.2) is 35.1 Å². The molecule has 41 heavy (non-hydrogen) atoms. The van der Waals surface area contributed by atoms with Gasteiger partial charge in [-0.05, 0) is 78.6 Å². The second kappa shape index (κ2) is 12.7. The Morgan fingerprint density at radius 1 is 1.07 bits per heavy atom. The fourth-order valence-corrected chi connectivity index (χ4v) is 5.95.